The molecule has 0 spiro atoms. The van der Waals surface area contributed by atoms with Gasteiger partial charge in [0, 0.05) is 23.7 Å². The highest BCUT2D eigenvalue weighted by molar-refractivity contribution is 5.95. The Morgan fingerprint density at radius 2 is 2.14 bits per heavy atom. The maximum atomic E-state index is 12.7. The molecule has 1 heterocycles. The van der Waals surface area contributed by atoms with E-state index in [0.717, 1.165) is 24.1 Å². The van der Waals surface area contributed by atoms with Gasteiger partial charge in [-0.3, -0.25) is 4.79 Å². The first kappa shape index (κ1) is 15.6. The Hall–Kier alpha value is -1.79. The summed E-state index contributed by atoms with van der Waals surface area (Å²) in [6, 6.07) is 5.93. The van der Waals surface area contributed by atoms with Crippen LogP contribution in [0.2, 0.25) is 0 Å². The van der Waals surface area contributed by atoms with Crippen molar-refractivity contribution in [3.63, 3.8) is 0 Å². The quantitative estimate of drug-likeness (QED) is 0.806. The minimum atomic E-state index is -0.168. The summed E-state index contributed by atoms with van der Waals surface area (Å²) < 4.78 is 0. The van der Waals surface area contributed by atoms with E-state index >= 15 is 0 Å². The van der Waals surface area contributed by atoms with E-state index in [0.29, 0.717) is 17.5 Å². The van der Waals surface area contributed by atoms with Crippen LogP contribution in [0.1, 0.15) is 48.2 Å². The highest BCUT2D eigenvalue weighted by Crippen LogP contribution is 2.23. The van der Waals surface area contributed by atoms with E-state index in [1.54, 1.807) is 0 Å². The Morgan fingerprint density at radius 3 is 2.86 bits per heavy atom. The van der Waals surface area contributed by atoms with Crippen molar-refractivity contribution in [3.05, 3.63) is 34.9 Å². The summed E-state index contributed by atoms with van der Waals surface area (Å²) in [7, 11) is 0. The van der Waals surface area contributed by atoms with E-state index in [9.17, 15) is 4.79 Å². The van der Waals surface area contributed by atoms with Gasteiger partial charge in [0.2, 0.25) is 0 Å². The van der Waals surface area contributed by atoms with E-state index in [-0.39, 0.29) is 12.5 Å². The molecule has 1 aliphatic heterocycles. The van der Waals surface area contributed by atoms with E-state index in [2.05, 4.69) is 25.7 Å². The van der Waals surface area contributed by atoms with Gasteiger partial charge in [-0.2, -0.15) is 0 Å². The molecule has 1 N–H and O–H groups in total. The van der Waals surface area contributed by atoms with Crippen LogP contribution in [0.5, 0.6) is 0 Å². The Labute approximate surface area is 127 Å². The molecule has 1 amide bonds. The molecule has 2 unspecified atom stereocenters. The van der Waals surface area contributed by atoms with Crippen molar-refractivity contribution < 1.29 is 9.90 Å². The van der Waals surface area contributed by atoms with E-state index < -0.39 is 0 Å². The Bertz CT molecular complexity index is 583. The van der Waals surface area contributed by atoms with Gasteiger partial charge < -0.3 is 10.0 Å². The Kier molecular flexibility index (Phi) is 5.03. The molecule has 1 saturated heterocycles. The zero-order chi connectivity index (χ0) is 15.4. The topological polar surface area (TPSA) is 40.5 Å². The van der Waals surface area contributed by atoms with E-state index in [4.69, 9.17) is 5.11 Å². The summed E-state index contributed by atoms with van der Waals surface area (Å²) >= 11 is 0. The SMILES string of the molecule is Cc1ccc(C(=O)N2CC(C)CCC2C)cc1C#CCO. The fraction of sp³-hybridized carbons (Fsp3) is 0.500. The molecule has 1 aromatic rings. The lowest BCUT2D eigenvalue weighted by atomic mass is 9.94. The molecule has 0 radical (unpaired) electrons. The second-order valence-electron chi connectivity index (χ2n) is 5.98. The minimum absolute atomic E-state index is 0.0844. The number of carbonyl (C=O) groups excluding carboxylic acids is 1. The van der Waals surface area contributed by atoms with Crippen LogP contribution in [0.4, 0.5) is 0 Å². The molecule has 2 rings (SSSR count). The number of piperidine rings is 1. The summed E-state index contributed by atoms with van der Waals surface area (Å²) in [5.41, 5.74) is 2.52. The average molecular weight is 285 g/mol. The minimum Gasteiger partial charge on any atom is -0.384 e. The van der Waals surface area contributed by atoms with Crippen LogP contribution in [-0.4, -0.2) is 35.1 Å². The molecule has 0 bridgehead atoms. The van der Waals surface area contributed by atoms with Gasteiger partial charge >= 0.3 is 0 Å². The molecule has 21 heavy (non-hydrogen) atoms. The normalized spacial score (nSPS) is 21.6. The number of nitrogens with zero attached hydrogens (tertiary/aromatic N) is 1. The molecule has 0 aromatic heterocycles. The maximum absolute atomic E-state index is 12.7. The van der Waals surface area contributed by atoms with Crippen molar-refractivity contribution in [3.8, 4) is 11.8 Å². The molecule has 112 valence electrons. The van der Waals surface area contributed by atoms with Crippen LogP contribution < -0.4 is 0 Å². The molecule has 1 aliphatic rings. The third-order valence-corrected chi connectivity index (χ3v) is 4.17. The van der Waals surface area contributed by atoms with Crippen molar-refractivity contribution in [2.24, 2.45) is 5.92 Å². The number of aliphatic hydroxyl groups is 1. The van der Waals surface area contributed by atoms with Crippen LogP contribution in [0, 0.1) is 24.7 Å². The maximum Gasteiger partial charge on any atom is 0.254 e. The average Bonchev–Trinajstić information content (AvgIpc) is 2.48. The molecular weight excluding hydrogens is 262 g/mol. The van der Waals surface area contributed by atoms with Gasteiger partial charge in [-0.05, 0) is 50.3 Å². The van der Waals surface area contributed by atoms with Gasteiger partial charge in [-0.1, -0.05) is 24.8 Å². The molecule has 1 fully saturated rings. The summed E-state index contributed by atoms with van der Waals surface area (Å²) in [6.45, 7) is 6.93. The monoisotopic (exact) mass is 285 g/mol. The van der Waals surface area contributed by atoms with Gasteiger partial charge in [-0.15, -0.1) is 0 Å². The number of amides is 1. The van der Waals surface area contributed by atoms with Crippen molar-refractivity contribution in [1.29, 1.82) is 0 Å². The van der Waals surface area contributed by atoms with Crippen molar-refractivity contribution in [2.45, 2.75) is 39.7 Å². The Morgan fingerprint density at radius 1 is 1.38 bits per heavy atom. The number of hydrogen-bond acceptors (Lipinski definition) is 2. The molecule has 3 nitrogen and oxygen atoms in total. The molecule has 2 atom stereocenters. The highest BCUT2D eigenvalue weighted by atomic mass is 16.2. The first-order valence-corrected chi connectivity index (χ1v) is 7.54. The summed E-state index contributed by atoms with van der Waals surface area (Å²) in [5, 5.41) is 8.82. The van der Waals surface area contributed by atoms with Crippen LogP contribution >= 0.6 is 0 Å². The lowest BCUT2D eigenvalue weighted by Crippen LogP contribution is -2.44. The zero-order valence-corrected chi connectivity index (χ0v) is 13.0. The first-order chi connectivity index (χ1) is 10.0. The number of carbonyl (C=O) groups is 1. The third-order valence-electron chi connectivity index (χ3n) is 4.17. The molecule has 0 aliphatic carbocycles. The van der Waals surface area contributed by atoms with Gasteiger partial charge in [0.05, 0.1) is 0 Å². The first-order valence-electron chi connectivity index (χ1n) is 7.54. The van der Waals surface area contributed by atoms with Gasteiger partial charge in [0.1, 0.15) is 6.61 Å². The van der Waals surface area contributed by atoms with E-state index in [1.807, 2.05) is 30.0 Å². The predicted molar refractivity (Wildman–Crippen MR) is 84.0 cm³/mol. The number of hydrogen-bond donors (Lipinski definition) is 1. The summed E-state index contributed by atoms with van der Waals surface area (Å²) in [6.07, 6.45) is 2.25. The van der Waals surface area contributed by atoms with Gasteiger partial charge in [0.15, 0.2) is 0 Å². The fourth-order valence-corrected chi connectivity index (χ4v) is 2.76. The number of likely N-dealkylation sites (tertiary alicyclic amines) is 1. The van der Waals surface area contributed by atoms with Crippen molar-refractivity contribution >= 4 is 5.91 Å². The number of aryl methyl sites for hydroxylation is 1. The number of aliphatic hydroxyl groups excluding tert-OH is 1. The lowest BCUT2D eigenvalue weighted by Gasteiger charge is -2.37. The van der Waals surface area contributed by atoms with Gasteiger partial charge in [0.25, 0.3) is 5.91 Å². The zero-order valence-electron chi connectivity index (χ0n) is 13.0. The second kappa shape index (κ2) is 6.78. The third kappa shape index (κ3) is 3.65. The van der Waals surface area contributed by atoms with Crippen molar-refractivity contribution in [1.82, 2.24) is 4.90 Å². The second-order valence-corrected chi connectivity index (χ2v) is 5.98. The fourth-order valence-electron chi connectivity index (χ4n) is 2.76. The van der Waals surface area contributed by atoms with Gasteiger partial charge in [-0.25, -0.2) is 0 Å². The highest BCUT2D eigenvalue weighted by Gasteiger charge is 2.27. The Balaban J connectivity index is 2.26. The summed E-state index contributed by atoms with van der Waals surface area (Å²) in [4.78, 5) is 14.7. The number of rotatable bonds is 1. The smallest absolute Gasteiger partial charge is 0.254 e. The predicted octanol–water partition coefficient (Wildman–Crippen LogP) is 2.60. The molecule has 1 aromatic carbocycles. The number of benzene rings is 1. The largest absolute Gasteiger partial charge is 0.384 e. The standard InChI is InChI=1S/C18H23NO2/c1-13-6-8-15(3)19(12-13)18(21)17-9-7-14(2)16(11-17)5-4-10-20/h7,9,11,13,15,20H,6,8,10,12H2,1-3H3. The molecular formula is C18H23NO2. The molecule has 0 saturated carbocycles. The van der Waals surface area contributed by atoms with Crippen LogP contribution in [0.15, 0.2) is 18.2 Å². The van der Waals surface area contributed by atoms with Crippen LogP contribution in [0.25, 0.3) is 0 Å². The van der Waals surface area contributed by atoms with Crippen LogP contribution in [0.3, 0.4) is 0 Å². The van der Waals surface area contributed by atoms with E-state index in [1.165, 1.54) is 6.42 Å². The molecule has 3 heteroatoms. The van der Waals surface area contributed by atoms with Crippen molar-refractivity contribution in [2.75, 3.05) is 13.2 Å². The summed E-state index contributed by atoms with van der Waals surface area (Å²) in [5.74, 6) is 6.20. The van der Waals surface area contributed by atoms with Crippen LogP contribution in [-0.2, 0) is 0 Å². The lowest BCUT2D eigenvalue weighted by molar-refractivity contribution is 0.0574.